The lowest BCUT2D eigenvalue weighted by molar-refractivity contribution is -0.137. The first kappa shape index (κ1) is 22.8. The Morgan fingerprint density at radius 1 is 1.20 bits per heavy atom. The van der Waals surface area contributed by atoms with Crippen LogP contribution in [0.5, 0.6) is 0 Å². The van der Waals surface area contributed by atoms with E-state index < -0.39 is 32.4 Å². The fourth-order valence-electron chi connectivity index (χ4n) is 2.89. The van der Waals surface area contributed by atoms with Crippen molar-refractivity contribution in [2.24, 2.45) is 0 Å². The van der Waals surface area contributed by atoms with Gasteiger partial charge in [-0.15, -0.1) is 0 Å². The number of nitrogens with zero attached hydrogens (tertiary/aromatic N) is 2. The van der Waals surface area contributed by atoms with Crippen LogP contribution in [0.25, 0.3) is 10.9 Å². The van der Waals surface area contributed by atoms with Crippen molar-refractivity contribution >= 4 is 48.3 Å². The van der Waals surface area contributed by atoms with Gasteiger partial charge in [0.05, 0.1) is 39.5 Å². The molecule has 0 fully saturated rings. The van der Waals surface area contributed by atoms with Gasteiger partial charge < -0.3 is 0 Å². The Balaban J connectivity index is 2.20. The molecule has 30 heavy (non-hydrogen) atoms. The number of benzene rings is 2. The lowest BCUT2D eigenvalue weighted by Crippen LogP contribution is -2.24. The summed E-state index contributed by atoms with van der Waals surface area (Å²) in [5.74, 6) is 0. The monoisotopic (exact) mass is 522 g/mol. The third-order valence-corrected chi connectivity index (χ3v) is 7.59. The molecule has 0 unspecified atom stereocenters. The Hall–Kier alpha value is -1.91. The number of hydrogen-bond donors (Lipinski definition) is 0. The second-order valence-electron chi connectivity index (χ2n) is 6.88. The number of hydrogen-bond acceptors (Lipinski definition) is 4. The zero-order chi connectivity index (χ0) is 22.4. The van der Waals surface area contributed by atoms with Crippen molar-refractivity contribution in [3.8, 4) is 0 Å². The van der Waals surface area contributed by atoms with Crippen molar-refractivity contribution in [1.82, 2.24) is 9.55 Å². The fourth-order valence-corrected chi connectivity index (χ4v) is 4.90. The maximum absolute atomic E-state index is 13.1. The van der Waals surface area contributed by atoms with Crippen molar-refractivity contribution in [3.63, 3.8) is 0 Å². The number of aromatic nitrogens is 2. The summed E-state index contributed by atoms with van der Waals surface area (Å²) in [6, 6.07) is 5.77. The summed E-state index contributed by atoms with van der Waals surface area (Å²) in [5.41, 5.74) is -1.42. The Morgan fingerprint density at radius 3 is 2.47 bits per heavy atom. The summed E-state index contributed by atoms with van der Waals surface area (Å²) >= 11 is 9.03. The maximum atomic E-state index is 13.1. The van der Waals surface area contributed by atoms with E-state index in [2.05, 4.69) is 20.9 Å². The van der Waals surface area contributed by atoms with Gasteiger partial charge >= 0.3 is 6.18 Å². The molecule has 0 radical (unpaired) electrons. The van der Waals surface area contributed by atoms with Crippen molar-refractivity contribution in [3.05, 3.63) is 67.6 Å². The molecule has 0 aliphatic carbocycles. The average Bonchev–Trinajstić information content (AvgIpc) is 2.63. The van der Waals surface area contributed by atoms with Gasteiger partial charge in [-0.3, -0.25) is 9.36 Å². The molecule has 0 amide bonds. The Labute approximate surface area is 183 Å². The van der Waals surface area contributed by atoms with Crippen molar-refractivity contribution in [2.45, 2.75) is 36.7 Å². The molecule has 0 atom stereocenters. The van der Waals surface area contributed by atoms with Crippen LogP contribution in [-0.2, 0) is 22.6 Å². The van der Waals surface area contributed by atoms with E-state index >= 15 is 0 Å². The summed E-state index contributed by atoms with van der Waals surface area (Å²) in [5, 5.41) is -0.694. The second kappa shape index (κ2) is 7.97. The molecule has 160 valence electrons. The molecule has 0 spiro atoms. The van der Waals surface area contributed by atoms with Gasteiger partial charge in [0.1, 0.15) is 0 Å². The molecule has 0 aliphatic heterocycles. The fraction of sp³-hybridized carbons (Fsp3) is 0.263. The van der Waals surface area contributed by atoms with E-state index in [9.17, 15) is 26.4 Å². The molecule has 0 aliphatic rings. The lowest BCUT2D eigenvalue weighted by Gasteiger charge is -2.15. The Bertz CT molecular complexity index is 1300. The molecule has 0 saturated carbocycles. The van der Waals surface area contributed by atoms with Crippen LogP contribution in [-0.4, -0.2) is 23.2 Å². The van der Waals surface area contributed by atoms with Crippen LogP contribution in [0.3, 0.4) is 0 Å². The van der Waals surface area contributed by atoms with Crippen LogP contribution < -0.4 is 5.56 Å². The van der Waals surface area contributed by atoms with Gasteiger partial charge in [-0.05, 0) is 65.7 Å². The van der Waals surface area contributed by atoms with E-state index in [1.807, 2.05) is 0 Å². The zero-order valence-electron chi connectivity index (χ0n) is 15.7. The SMILES string of the molecule is CC(C)S(=O)(=O)c1ccc(Cl)cc1Cn1cnc2c(Br)cc(C(F)(F)F)cc2c1=O. The van der Waals surface area contributed by atoms with E-state index in [0.717, 1.165) is 23.0 Å². The van der Waals surface area contributed by atoms with Crippen LogP contribution in [0.1, 0.15) is 25.0 Å². The largest absolute Gasteiger partial charge is 0.416 e. The topological polar surface area (TPSA) is 69.0 Å². The average molecular weight is 524 g/mol. The first-order valence-electron chi connectivity index (χ1n) is 8.60. The molecule has 0 N–H and O–H groups in total. The van der Waals surface area contributed by atoms with Gasteiger partial charge in [-0.25, -0.2) is 13.4 Å². The van der Waals surface area contributed by atoms with E-state index in [-0.39, 0.29) is 37.4 Å². The van der Waals surface area contributed by atoms with Gasteiger partial charge in [0.15, 0.2) is 9.84 Å². The highest BCUT2D eigenvalue weighted by molar-refractivity contribution is 9.10. The first-order chi connectivity index (χ1) is 13.8. The van der Waals surface area contributed by atoms with Gasteiger partial charge in [0, 0.05) is 9.50 Å². The zero-order valence-corrected chi connectivity index (χ0v) is 18.8. The van der Waals surface area contributed by atoms with E-state index in [4.69, 9.17) is 11.6 Å². The minimum atomic E-state index is -4.64. The van der Waals surface area contributed by atoms with Crippen molar-refractivity contribution < 1.29 is 21.6 Å². The van der Waals surface area contributed by atoms with Crippen LogP contribution in [0, 0.1) is 0 Å². The minimum absolute atomic E-state index is 0.000815. The van der Waals surface area contributed by atoms with Crippen LogP contribution >= 0.6 is 27.5 Å². The summed E-state index contributed by atoms with van der Waals surface area (Å²) in [6.07, 6.45) is -3.48. The predicted molar refractivity (Wildman–Crippen MR) is 112 cm³/mol. The van der Waals surface area contributed by atoms with Crippen molar-refractivity contribution in [2.75, 3.05) is 0 Å². The van der Waals surface area contributed by atoms with Gasteiger partial charge in [0.25, 0.3) is 5.56 Å². The third-order valence-electron chi connectivity index (χ3n) is 4.50. The summed E-state index contributed by atoms with van der Waals surface area (Å²) < 4.78 is 65.9. The molecule has 5 nitrogen and oxygen atoms in total. The van der Waals surface area contributed by atoms with E-state index in [1.165, 1.54) is 32.0 Å². The highest BCUT2D eigenvalue weighted by Gasteiger charge is 2.32. The van der Waals surface area contributed by atoms with Gasteiger partial charge in [-0.2, -0.15) is 13.2 Å². The molecule has 1 aromatic heterocycles. The lowest BCUT2D eigenvalue weighted by atomic mass is 10.1. The third kappa shape index (κ3) is 4.26. The first-order valence-corrected chi connectivity index (χ1v) is 11.3. The van der Waals surface area contributed by atoms with Crippen molar-refractivity contribution in [1.29, 1.82) is 0 Å². The highest BCUT2D eigenvalue weighted by Crippen LogP contribution is 2.34. The Kier molecular flexibility index (Phi) is 6.05. The molecule has 1 heterocycles. The standard InChI is InChI=1S/C19H15BrClF3N2O3S/c1-10(2)30(28,29)16-4-3-13(21)5-11(16)8-26-9-25-17-14(18(26)27)6-12(7-15(17)20)19(22,23)24/h3-7,9-10H,8H2,1-2H3. The second-order valence-corrected chi connectivity index (χ2v) is 10.6. The molecule has 2 aromatic carbocycles. The summed E-state index contributed by atoms with van der Waals surface area (Å²) in [6.45, 7) is 2.82. The minimum Gasteiger partial charge on any atom is -0.294 e. The summed E-state index contributed by atoms with van der Waals surface area (Å²) in [4.78, 5) is 17.0. The predicted octanol–water partition coefficient (Wildman–Crippen LogP) is 5.06. The maximum Gasteiger partial charge on any atom is 0.416 e. The normalized spacial score (nSPS) is 12.7. The number of sulfone groups is 1. The van der Waals surface area contributed by atoms with E-state index in [1.54, 1.807) is 0 Å². The smallest absolute Gasteiger partial charge is 0.294 e. The van der Waals surface area contributed by atoms with Crippen LogP contribution in [0.2, 0.25) is 5.02 Å². The molecular formula is C19H15BrClF3N2O3S. The quantitative estimate of drug-likeness (QED) is 0.479. The summed E-state index contributed by atoms with van der Waals surface area (Å²) in [7, 11) is -3.68. The molecule has 0 bridgehead atoms. The molecule has 11 heteroatoms. The van der Waals surface area contributed by atoms with E-state index in [0.29, 0.717) is 0 Å². The molecule has 3 rings (SSSR count). The molecule has 0 saturated heterocycles. The highest BCUT2D eigenvalue weighted by atomic mass is 79.9. The van der Waals surface area contributed by atoms with Crippen LogP contribution in [0.15, 0.2) is 50.8 Å². The van der Waals surface area contributed by atoms with Gasteiger partial charge in [0.2, 0.25) is 0 Å². The van der Waals surface area contributed by atoms with Crippen LogP contribution in [0.4, 0.5) is 13.2 Å². The number of fused-ring (bicyclic) bond motifs is 1. The number of halogens is 5. The number of rotatable bonds is 4. The molecular weight excluding hydrogens is 509 g/mol. The van der Waals surface area contributed by atoms with Gasteiger partial charge in [-0.1, -0.05) is 11.6 Å². The Morgan fingerprint density at radius 2 is 1.87 bits per heavy atom. The molecule has 3 aromatic rings. The number of alkyl halides is 3.